The van der Waals surface area contributed by atoms with Gasteiger partial charge in [-0.15, -0.1) is 0 Å². The number of hydrogen-bond donors (Lipinski definition) is 2. The molecule has 0 bridgehead atoms. The minimum Gasteiger partial charge on any atom is -0.457 e. The standard InChI is InChI=1S/C30H31N7O2/c1-18-12-24(39-23-7-5-6-20(15-23)29-33-10-11-34(29)2)16-26-27(18)36(4)30(38)37(26)17-22-14-21-13-19(28(31)32)8-9-25(21)35(22)3/h5-9,12-16H,10-11,17H2,1-4H3,(H3,31,32). The van der Waals surface area contributed by atoms with Gasteiger partial charge in [0.25, 0.3) is 0 Å². The molecule has 9 heteroatoms. The fourth-order valence-electron chi connectivity index (χ4n) is 5.53. The van der Waals surface area contributed by atoms with Gasteiger partial charge < -0.3 is 19.9 Å². The van der Waals surface area contributed by atoms with E-state index >= 15 is 0 Å². The van der Waals surface area contributed by atoms with E-state index in [1.807, 2.05) is 75.6 Å². The number of nitrogens with zero attached hydrogens (tertiary/aromatic N) is 5. The molecule has 6 rings (SSSR count). The summed E-state index contributed by atoms with van der Waals surface area (Å²) in [7, 11) is 5.83. The average Bonchev–Trinajstić information content (AvgIpc) is 3.55. The van der Waals surface area contributed by atoms with Gasteiger partial charge in [0, 0.05) is 61.5 Å². The fraction of sp³-hybridized carbons (Fsp3) is 0.233. The number of nitrogen functional groups attached to an aromatic ring is 1. The number of ether oxygens (including phenoxy) is 1. The second-order valence-corrected chi connectivity index (χ2v) is 10.2. The summed E-state index contributed by atoms with van der Waals surface area (Å²) in [5.74, 6) is 2.38. The van der Waals surface area contributed by atoms with Crippen molar-refractivity contribution in [3.05, 3.63) is 93.5 Å². The van der Waals surface area contributed by atoms with E-state index in [1.165, 1.54) is 0 Å². The molecule has 0 amide bonds. The van der Waals surface area contributed by atoms with E-state index in [9.17, 15) is 4.79 Å². The first-order valence-corrected chi connectivity index (χ1v) is 12.9. The van der Waals surface area contributed by atoms with Crippen LogP contribution in [0.5, 0.6) is 11.5 Å². The maximum Gasteiger partial charge on any atom is 0.329 e. The minimum atomic E-state index is -0.0933. The molecule has 3 heterocycles. The lowest BCUT2D eigenvalue weighted by atomic mass is 10.1. The molecule has 0 saturated heterocycles. The molecular weight excluding hydrogens is 490 g/mol. The van der Waals surface area contributed by atoms with Crippen LogP contribution < -0.4 is 16.2 Å². The fourth-order valence-corrected chi connectivity index (χ4v) is 5.53. The van der Waals surface area contributed by atoms with Crippen molar-refractivity contribution in [1.82, 2.24) is 18.6 Å². The van der Waals surface area contributed by atoms with Crippen LogP contribution in [-0.4, -0.2) is 50.4 Å². The number of aromatic nitrogens is 3. The van der Waals surface area contributed by atoms with E-state index in [-0.39, 0.29) is 11.5 Å². The molecule has 0 atom stereocenters. The summed E-state index contributed by atoms with van der Waals surface area (Å²) in [4.78, 5) is 20.2. The smallest absolute Gasteiger partial charge is 0.329 e. The highest BCUT2D eigenvalue weighted by Crippen LogP contribution is 2.30. The SMILES string of the molecule is Cc1cc(Oc2cccc(C3=NCCN3C)c2)cc2c1n(C)c(=O)n2Cc1cc2cc(C(=N)N)ccc2n1C. The number of aryl methyl sites for hydroxylation is 3. The van der Waals surface area contributed by atoms with E-state index < -0.39 is 0 Å². The van der Waals surface area contributed by atoms with Gasteiger partial charge in [0.15, 0.2) is 0 Å². The van der Waals surface area contributed by atoms with Gasteiger partial charge >= 0.3 is 5.69 Å². The van der Waals surface area contributed by atoms with Crippen molar-refractivity contribution in [3.63, 3.8) is 0 Å². The van der Waals surface area contributed by atoms with Crippen LogP contribution in [0.15, 0.2) is 70.5 Å². The van der Waals surface area contributed by atoms with Crippen LogP contribution in [0.1, 0.15) is 22.4 Å². The first kappa shape index (κ1) is 24.5. The van der Waals surface area contributed by atoms with Gasteiger partial charge in [0.1, 0.15) is 23.2 Å². The van der Waals surface area contributed by atoms with Crippen molar-refractivity contribution in [1.29, 1.82) is 5.41 Å². The number of rotatable bonds is 6. The zero-order valence-electron chi connectivity index (χ0n) is 22.5. The van der Waals surface area contributed by atoms with Gasteiger partial charge in [-0.05, 0) is 55.0 Å². The normalized spacial score (nSPS) is 13.4. The third-order valence-electron chi connectivity index (χ3n) is 7.56. The number of likely N-dealkylation sites (N-methyl/N-ethyl adjacent to an activating group) is 1. The average molecular weight is 522 g/mol. The predicted octanol–water partition coefficient (Wildman–Crippen LogP) is 3.96. The molecule has 1 aliphatic heterocycles. The quantitative estimate of drug-likeness (QED) is 0.261. The molecule has 3 aromatic carbocycles. The Kier molecular flexibility index (Phi) is 5.79. The summed E-state index contributed by atoms with van der Waals surface area (Å²) in [6.45, 7) is 4.10. The minimum absolute atomic E-state index is 0.0318. The maximum atomic E-state index is 13.4. The highest BCUT2D eigenvalue weighted by atomic mass is 16.5. The van der Waals surface area contributed by atoms with E-state index in [1.54, 1.807) is 16.2 Å². The van der Waals surface area contributed by atoms with E-state index in [0.29, 0.717) is 23.6 Å². The molecule has 3 N–H and O–H groups in total. The summed E-state index contributed by atoms with van der Waals surface area (Å²) in [5.41, 5.74) is 11.9. The molecular formula is C30H31N7O2. The van der Waals surface area contributed by atoms with Gasteiger partial charge in [0.2, 0.25) is 0 Å². The lowest BCUT2D eigenvalue weighted by Gasteiger charge is -2.15. The van der Waals surface area contributed by atoms with Crippen molar-refractivity contribution in [2.45, 2.75) is 13.5 Å². The van der Waals surface area contributed by atoms with Crippen LogP contribution in [0.3, 0.4) is 0 Å². The number of hydrogen-bond acceptors (Lipinski definition) is 5. The van der Waals surface area contributed by atoms with Crippen molar-refractivity contribution >= 4 is 33.6 Å². The molecule has 2 aromatic heterocycles. The Hall–Kier alpha value is -4.79. The van der Waals surface area contributed by atoms with Gasteiger partial charge in [-0.3, -0.25) is 19.5 Å². The predicted molar refractivity (Wildman–Crippen MR) is 156 cm³/mol. The first-order chi connectivity index (χ1) is 18.7. The lowest BCUT2D eigenvalue weighted by Crippen LogP contribution is -2.23. The summed E-state index contributed by atoms with van der Waals surface area (Å²) in [5, 5.41) is 8.74. The van der Waals surface area contributed by atoms with Crippen molar-refractivity contribution in [2.75, 3.05) is 20.1 Å². The number of nitrogens with two attached hydrogens (primary N) is 1. The van der Waals surface area contributed by atoms with Crippen molar-refractivity contribution in [2.24, 2.45) is 24.8 Å². The number of aliphatic imine (C=N–C) groups is 1. The van der Waals surface area contributed by atoms with Gasteiger partial charge in [-0.25, -0.2) is 4.79 Å². The van der Waals surface area contributed by atoms with Crippen LogP contribution in [-0.2, 0) is 20.6 Å². The highest BCUT2D eigenvalue weighted by Gasteiger charge is 2.18. The monoisotopic (exact) mass is 521 g/mol. The Morgan fingerprint density at radius 2 is 1.82 bits per heavy atom. The molecule has 0 aliphatic carbocycles. The van der Waals surface area contributed by atoms with E-state index in [0.717, 1.165) is 57.7 Å². The molecule has 39 heavy (non-hydrogen) atoms. The van der Waals surface area contributed by atoms with Gasteiger partial charge in [-0.1, -0.05) is 12.1 Å². The van der Waals surface area contributed by atoms with Crippen molar-refractivity contribution in [3.8, 4) is 11.5 Å². The third-order valence-corrected chi connectivity index (χ3v) is 7.56. The maximum absolute atomic E-state index is 13.4. The molecule has 0 saturated carbocycles. The van der Waals surface area contributed by atoms with E-state index in [4.69, 9.17) is 15.9 Å². The topological polar surface area (TPSA) is 107 Å². The zero-order chi connectivity index (χ0) is 27.4. The highest BCUT2D eigenvalue weighted by molar-refractivity contribution is 6.00. The molecule has 5 aromatic rings. The third kappa shape index (κ3) is 4.16. The van der Waals surface area contributed by atoms with Crippen LogP contribution in [0, 0.1) is 12.3 Å². The lowest BCUT2D eigenvalue weighted by molar-refractivity contribution is 0.482. The van der Waals surface area contributed by atoms with Crippen LogP contribution in [0.2, 0.25) is 0 Å². The number of fused-ring (bicyclic) bond motifs is 2. The number of nitrogens with one attached hydrogen (secondary N) is 1. The Morgan fingerprint density at radius 3 is 2.56 bits per heavy atom. The molecule has 0 fully saturated rings. The molecule has 0 radical (unpaired) electrons. The number of benzene rings is 3. The molecule has 0 spiro atoms. The summed E-state index contributed by atoms with van der Waals surface area (Å²) >= 11 is 0. The summed E-state index contributed by atoms with van der Waals surface area (Å²) in [6.07, 6.45) is 0. The van der Waals surface area contributed by atoms with E-state index in [2.05, 4.69) is 20.5 Å². The molecule has 9 nitrogen and oxygen atoms in total. The van der Waals surface area contributed by atoms with Crippen LogP contribution >= 0.6 is 0 Å². The van der Waals surface area contributed by atoms with Crippen LogP contribution in [0.4, 0.5) is 0 Å². The van der Waals surface area contributed by atoms with Crippen LogP contribution in [0.25, 0.3) is 21.9 Å². The Morgan fingerprint density at radius 1 is 1.00 bits per heavy atom. The molecule has 0 unspecified atom stereocenters. The first-order valence-electron chi connectivity index (χ1n) is 12.9. The number of amidine groups is 2. The second-order valence-electron chi connectivity index (χ2n) is 10.2. The zero-order valence-corrected chi connectivity index (χ0v) is 22.5. The van der Waals surface area contributed by atoms with Crippen molar-refractivity contribution < 1.29 is 4.74 Å². The van der Waals surface area contributed by atoms with Gasteiger partial charge in [0.05, 0.1) is 24.1 Å². The number of imidazole rings is 1. The Bertz CT molecular complexity index is 1870. The molecule has 198 valence electrons. The van der Waals surface area contributed by atoms with Gasteiger partial charge in [-0.2, -0.15) is 0 Å². The largest absolute Gasteiger partial charge is 0.457 e. The molecule has 1 aliphatic rings. The summed E-state index contributed by atoms with van der Waals surface area (Å²) in [6, 6.07) is 19.6. The summed E-state index contributed by atoms with van der Waals surface area (Å²) < 4.78 is 11.9. The Labute approximate surface area is 225 Å². The second kappa shape index (κ2) is 9.20. The Balaban J connectivity index is 1.39.